The lowest BCUT2D eigenvalue weighted by Gasteiger charge is -2.22. The van der Waals surface area contributed by atoms with E-state index in [1.54, 1.807) is 0 Å². The van der Waals surface area contributed by atoms with E-state index < -0.39 is 0 Å². The zero-order chi connectivity index (χ0) is 14.4. The van der Waals surface area contributed by atoms with E-state index in [0.29, 0.717) is 24.3 Å². The Morgan fingerprint density at radius 1 is 1.15 bits per heavy atom. The van der Waals surface area contributed by atoms with Crippen molar-refractivity contribution in [2.75, 3.05) is 12.3 Å². The van der Waals surface area contributed by atoms with Crippen LogP contribution in [0.25, 0.3) is 0 Å². The molecule has 2 rings (SSSR count). The molecule has 1 atom stereocenters. The lowest BCUT2D eigenvalue weighted by Crippen LogP contribution is -2.16. The van der Waals surface area contributed by atoms with Gasteiger partial charge < -0.3 is 10.5 Å². The van der Waals surface area contributed by atoms with Gasteiger partial charge in [-0.3, -0.25) is 0 Å². The SMILES string of the molecule is CCCC(OCC)c1nc(N)nc(C2CCCCC2)n1. The van der Waals surface area contributed by atoms with Crippen LogP contribution >= 0.6 is 0 Å². The maximum atomic E-state index is 5.88. The number of hydrogen-bond donors (Lipinski definition) is 1. The van der Waals surface area contributed by atoms with Gasteiger partial charge in [-0.2, -0.15) is 9.97 Å². The Hall–Kier alpha value is -1.23. The third-order valence-corrected chi connectivity index (χ3v) is 3.86. The van der Waals surface area contributed by atoms with Crippen molar-refractivity contribution in [3.05, 3.63) is 11.6 Å². The highest BCUT2D eigenvalue weighted by molar-refractivity contribution is 5.18. The van der Waals surface area contributed by atoms with Gasteiger partial charge in [0.1, 0.15) is 11.9 Å². The minimum absolute atomic E-state index is 0.0577. The Labute approximate surface area is 121 Å². The number of nitrogens with zero attached hydrogens (tertiary/aromatic N) is 3. The zero-order valence-corrected chi connectivity index (χ0v) is 12.6. The summed E-state index contributed by atoms with van der Waals surface area (Å²) in [6.07, 6.45) is 8.06. The second-order valence-corrected chi connectivity index (χ2v) is 5.48. The van der Waals surface area contributed by atoms with E-state index in [9.17, 15) is 0 Å². The standard InChI is InChI=1S/C15H26N4O/c1-3-8-12(20-4-2)14-17-13(18-15(16)19-14)11-9-6-5-7-10-11/h11-12H,3-10H2,1-2H3,(H2,16,17,18,19). The normalized spacial score (nSPS) is 18.1. The van der Waals surface area contributed by atoms with Crippen LogP contribution in [0.3, 0.4) is 0 Å². The molecule has 20 heavy (non-hydrogen) atoms. The minimum Gasteiger partial charge on any atom is -0.371 e. The van der Waals surface area contributed by atoms with Gasteiger partial charge in [0.05, 0.1) is 0 Å². The molecule has 0 spiro atoms. The van der Waals surface area contributed by atoms with Crippen molar-refractivity contribution in [2.24, 2.45) is 0 Å². The van der Waals surface area contributed by atoms with Crippen molar-refractivity contribution in [3.8, 4) is 0 Å². The van der Waals surface area contributed by atoms with Gasteiger partial charge in [-0.25, -0.2) is 4.98 Å². The molecule has 112 valence electrons. The number of aromatic nitrogens is 3. The highest BCUT2D eigenvalue weighted by Crippen LogP contribution is 2.31. The van der Waals surface area contributed by atoms with Crippen molar-refractivity contribution in [1.82, 2.24) is 15.0 Å². The number of hydrogen-bond acceptors (Lipinski definition) is 5. The molecule has 1 saturated carbocycles. The topological polar surface area (TPSA) is 73.9 Å². The van der Waals surface area contributed by atoms with E-state index in [2.05, 4.69) is 21.9 Å². The molecule has 1 unspecified atom stereocenters. The Morgan fingerprint density at radius 2 is 1.90 bits per heavy atom. The molecule has 0 aromatic carbocycles. The zero-order valence-electron chi connectivity index (χ0n) is 12.6. The first-order valence-electron chi connectivity index (χ1n) is 7.87. The summed E-state index contributed by atoms with van der Waals surface area (Å²) in [5.41, 5.74) is 5.88. The van der Waals surface area contributed by atoms with Crippen LogP contribution in [0.15, 0.2) is 0 Å². The summed E-state index contributed by atoms with van der Waals surface area (Å²) in [5, 5.41) is 0. The maximum Gasteiger partial charge on any atom is 0.223 e. The van der Waals surface area contributed by atoms with Crippen LogP contribution in [-0.2, 0) is 4.74 Å². The molecule has 5 heteroatoms. The Bertz CT molecular complexity index is 412. The number of nitrogen functional groups attached to an aromatic ring is 1. The average molecular weight is 278 g/mol. The number of rotatable bonds is 6. The molecule has 1 aromatic rings. The van der Waals surface area contributed by atoms with Gasteiger partial charge in [0.25, 0.3) is 0 Å². The largest absolute Gasteiger partial charge is 0.371 e. The lowest BCUT2D eigenvalue weighted by molar-refractivity contribution is 0.0490. The van der Waals surface area contributed by atoms with Crippen molar-refractivity contribution in [1.29, 1.82) is 0 Å². The van der Waals surface area contributed by atoms with Crippen LogP contribution in [0, 0.1) is 0 Å². The molecule has 5 nitrogen and oxygen atoms in total. The Morgan fingerprint density at radius 3 is 2.55 bits per heavy atom. The van der Waals surface area contributed by atoms with E-state index in [4.69, 9.17) is 10.5 Å². The van der Waals surface area contributed by atoms with Crippen LogP contribution in [0.5, 0.6) is 0 Å². The number of nitrogens with two attached hydrogens (primary N) is 1. The summed E-state index contributed by atoms with van der Waals surface area (Å²) in [5.74, 6) is 2.35. The summed E-state index contributed by atoms with van der Waals surface area (Å²) < 4.78 is 5.76. The van der Waals surface area contributed by atoms with Gasteiger partial charge in [-0.05, 0) is 26.2 Å². The molecule has 1 heterocycles. The molecule has 0 saturated heterocycles. The third-order valence-electron chi connectivity index (χ3n) is 3.86. The fourth-order valence-corrected chi connectivity index (χ4v) is 2.86. The molecule has 1 aliphatic rings. The predicted octanol–water partition coefficient (Wildman–Crippen LogP) is 3.38. The van der Waals surface area contributed by atoms with Crippen LogP contribution in [0.4, 0.5) is 5.95 Å². The summed E-state index contributed by atoms with van der Waals surface area (Å²) in [6, 6.07) is 0. The minimum atomic E-state index is -0.0577. The van der Waals surface area contributed by atoms with E-state index in [0.717, 1.165) is 31.5 Å². The summed E-state index contributed by atoms with van der Waals surface area (Å²) in [7, 11) is 0. The smallest absolute Gasteiger partial charge is 0.223 e. The molecule has 1 aliphatic carbocycles. The fraction of sp³-hybridized carbons (Fsp3) is 0.800. The van der Waals surface area contributed by atoms with Gasteiger partial charge in [0.2, 0.25) is 5.95 Å². The molecule has 1 aromatic heterocycles. The third kappa shape index (κ3) is 3.88. The fourth-order valence-electron chi connectivity index (χ4n) is 2.86. The van der Waals surface area contributed by atoms with Crippen LogP contribution in [0.1, 0.15) is 82.5 Å². The number of anilines is 1. The monoisotopic (exact) mass is 278 g/mol. The summed E-state index contributed by atoms with van der Waals surface area (Å²) >= 11 is 0. The van der Waals surface area contributed by atoms with Gasteiger partial charge in [-0.15, -0.1) is 0 Å². The second kappa shape index (κ2) is 7.53. The van der Waals surface area contributed by atoms with Gasteiger partial charge in [0.15, 0.2) is 5.82 Å². The maximum absolute atomic E-state index is 5.88. The van der Waals surface area contributed by atoms with Crippen LogP contribution in [0.2, 0.25) is 0 Å². The van der Waals surface area contributed by atoms with Crippen molar-refractivity contribution < 1.29 is 4.74 Å². The van der Waals surface area contributed by atoms with Gasteiger partial charge in [-0.1, -0.05) is 32.6 Å². The van der Waals surface area contributed by atoms with Crippen molar-refractivity contribution in [3.63, 3.8) is 0 Å². The first kappa shape index (κ1) is 15.2. The predicted molar refractivity (Wildman–Crippen MR) is 79.3 cm³/mol. The lowest BCUT2D eigenvalue weighted by atomic mass is 9.89. The molecule has 0 bridgehead atoms. The van der Waals surface area contributed by atoms with Crippen LogP contribution in [-0.4, -0.2) is 21.6 Å². The van der Waals surface area contributed by atoms with E-state index in [1.807, 2.05) is 6.92 Å². The summed E-state index contributed by atoms with van der Waals surface area (Å²) in [4.78, 5) is 13.3. The number of ether oxygens (including phenoxy) is 1. The molecule has 2 N–H and O–H groups in total. The van der Waals surface area contributed by atoms with Crippen molar-refractivity contribution in [2.45, 2.75) is 70.8 Å². The molecule has 0 amide bonds. The average Bonchev–Trinajstić information content (AvgIpc) is 2.47. The molecule has 0 radical (unpaired) electrons. The highest BCUT2D eigenvalue weighted by Gasteiger charge is 2.22. The quantitative estimate of drug-likeness (QED) is 0.863. The summed E-state index contributed by atoms with van der Waals surface area (Å²) in [6.45, 7) is 4.79. The molecular weight excluding hydrogens is 252 g/mol. The second-order valence-electron chi connectivity index (χ2n) is 5.48. The van der Waals surface area contributed by atoms with Gasteiger partial charge >= 0.3 is 0 Å². The molecule has 1 fully saturated rings. The van der Waals surface area contributed by atoms with E-state index in [1.165, 1.54) is 19.3 Å². The Balaban J connectivity index is 2.21. The first-order chi connectivity index (χ1) is 9.74. The van der Waals surface area contributed by atoms with Crippen LogP contribution < -0.4 is 5.73 Å². The molecular formula is C15H26N4O. The van der Waals surface area contributed by atoms with E-state index >= 15 is 0 Å². The van der Waals surface area contributed by atoms with E-state index in [-0.39, 0.29) is 6.10 Å². The van der Waals surface area contributed by atoms with Crippen molar-refractivity contribution >= 4 is 5.95 Å². The highest BCUT2D eigenvalue weighted by atomic mass is 16.5. The van der Waals surface area contributed by atoms with Gasteiger partial charge in [0, 0.05) is 12.5 Å². The first-order valence-corrected chi connectivity index (χ1v) is 7.87. The molecule has 0 aliphatic heterocycles. The Kier molecular flexibility index (Phi) is 5.71.